The van der Waals surface area contributed by atoms with Crippen molar-refractivity contribution in [2.24, 2.45) is 10.9 Å². The summed E-state index contributed by atoms with van der Waals surface area (Å²) in [5.74, 6) is 0.0601. The molecule has 3 aromatic carbocycles. The first-order valence-electron chi connectivity index (χ1n) is 12.4. The fourth-order valence-electron chi connectivity index (χ4n) is 4.73. The Balaban J connectivity index is 2.31. The number of esters is 1. The van der Waals surface area contributed by atoms with Crippen molar-refractivity contribution in [2.75, 3.05) is 7.11 Å². The lowest BCUT2D eigenvalue weighted by atomic mass is 9.78. The zero-order valence-electron chi connectivity index (χ0n) is 21.0. The third-order valence-corrected chi connectivity index (χ3v) is 6.43. The van der Waals surface area contributed by atoms with Crippen LogP contribution in [-0.2, 0) is 15.1 Å². The number of aliphatic imine (C=N–C) groups is 1. The fourth-order valence-corrected chi connectivity index (χ4v) is 4.73. The summed E-state index contributed by atoms with van der Waals surface area (Å²) in [6.07, 6.45) is 4.88. The smallest absolute Gasteiger partial charge is 0.338 e. The minimum absolute atomic E-state index is 0.307. The molecular formula is C31H37NO2. The lowest BCUT2D eigenvalue weighted by Crippen LogP contribution is -2.38. The Morgan fingerprint density at radius 3 is 1.76 bits per heavy atom. The average Bonchev–Trinajstić information content (AvgIpc) is 2.88. The first kappa shape index (κ1) is 25.4. The van der Waals surface area contributed by atoms with Crippen LogP contribution in [0.3, 0.4) is 0 Å². The quantitative estimate of drug-likeness (QED) is 0.222. The van der Waals surface area contributed by atoms with Gasteiger partial charge in [-0.05, 0) is 24.8 Å². The van der Waals surface area contributed by atoms with Crippen LogP contribution in [-0.4, -0.2) is 18.8 Å². The first-order valence-corrected chi connectivity index (χ1v) is 12.4. The molecule has 34 heavy (non-hydrogen) atoms. The Kier molecular flexibility index (Phi) is 9.21. The summed E-state index contributed by atoms with van der Waals surface area (Å²) in [4.78, 5) is 19.1. The standard InChI is InChI=1S/C31H37NO2/c1-5-13-25(14-6-2)23-31(30(33)34-4,28-21-19-24(3)20-22-28)32-29(26-15-9-7-10-16-26)27-17-11-8-12-18-27/h7-12,15-22,25H,5-6,13-14,23H2,1-4H3. The number of hydrogen-bond acceptors (Lipinski definition) is 3. The Hall–Kier alpha value is -3.20. The Morgan fingerprint density at radius 1 is 0.824 bits per heavy atom. The molecule has 0 fully saturated rings. The van der Waals surface area contributed by atoms with Gasteiger partial charge in [0.25, 0.3) is 0 Å². The SMILES string of the molecule is CCCC(CCC)CC(N=C(c1ccccc1)c1ccccc1)(C(=O)OC)c1ccc(C)cc1. The van der Waals surface area contributed by atoms with Gasteiger partial charge in [0.1, 0.15) is 0 Å². The van der Waals surface area contributed by atoms with E-state index in [1.165, 1.54) is 7.11 Å². The highest BCUT2D eigenvalue weighted by Crippen LogP contribution is 2.39. The van der Waals surface area contributed by atoms with Crippen molar-refractivity contribution in [1.29, 1.82) is 0 Å². The monoisotopic (exact) mass is 455 g/mol. The van der Waals surface area contributed by atoms with Gasteiger partial charge in [-0.25, -0.2) is 4.79 Å². The summed E-state index contributed by atoms with van der Waals surface area (Å²) in [6, 6.07) is 28.4. The van der Waals surface area contributed by atoms with Gasteiger partial charge in [-0.3, -0.25) is 4.99 Å². The molecule has 3 rings (SSSR count). The van der Waals surface area contributed by atoms with E-state index in [-0.39, 0.29) is 5.97 Å². The van der Waals surface area contributed by atoms with Gasteiger partial charge in [0.05, 0.1) is 12.8 Å². The summed E-state index contributed by atoms with van der Waals surface area (Å²) >= 11 is 0. The van der Waals surface area contributed by atoms with Crippen LogP contribution >= 0.6 is 0 Å². The van der Waals surface area contributed by atoms with E-state index in [2.05, 4.69) is 57.2 Å². The van der Waals surface area contributed by atoms with Crippen molar-refractivity contribution >= 4 is 11.7 Å². The lowest BCUT2D eigenvalue weighted by Gasteiger charge is -2.33. The van der Waals surface area contributed by atoms with Gasteiger partial charge < -0.3 is 4.74 Å². The fraction of sp³-hybridized carbons (Fsp3) is 0.355. The number of nitrogens with zero attached hydrogens (tertiary/aromatic N) is 1. The van der Waals surface area contributed by atoms with Crippen LogP contribution in [0, 0.1) is 12.8 Å². The van der Waals surface area contributed by atoms with Crippen LogP contribution in [0.5, 0.6) is 0 Å². The number of carbonyl (C=O) groups is 1. The molecule has 0 radical (unpaired) electrons. The van der Waals surface area contributed by atoms with Gasteiger partial charge in [-0.2, -0.15) is 0 Å². The molecule has 1 unspecified atom stereocenters. The van der Waals surface area contributed by atoms with Crippen LogP contribution < -0.4 is 0 Å². The van der Waals surface area contributed by atoms with Crippen molar-refractivity contribution in [2.45, 2.75) is 58.4 Å². The summed E-state index contributed by atoms with van der Waals surface area (Å²) in [6.45, 7) is 6.47. The highest BCUT2D eigenvalue weighted by atomic mass is 16.5. The summed E-state index contributed by atoms with van der Waals surface area (Å²) in [5, 5.41) is 0. The van der Waals surface area contributed by atoms with Crippen molar-refractivity contribution in [3.8, 4) is 0 Å². The topological polar surface area (TPSA) is 38.7 Å². The summed E-state index contributed by atoms with van der Waals surface area (Å²) < 4.78 is 5.48. The molecule has 0 aromatic heterocycles. The van der Waals surface area contributed by atoms with Gasteiger partial charge in [-0.15, -0.1) is 0 Å². The zero-order chi connectivity index (χ0) is 24.4. The molecule has 3 aromatic rings. The third kappa shape index (κ3) is 6.02. The first-order chi connectivity index (χ1) is 16.5. The predicted molar refractivity (Wildman–Crippen MR) is 141 cm³/mol. The van der Waals surface area contributed by atoms with Crippen LogP contribution in [0.2, 0.25) is 0 Å². The van der Waals surface area contributed by atoms with E-state index in [0.717, 1.165) is 53.6 Å². The van der Waals surface area contributed by atoms with Crippen LogP contribution in [0.15, 0.2) is 89.9 Å². The van der Waals surface area contributed by atoms with Crippen molar-refractivity contribution < 1.29 is 9.53 Å². The van der Waals surface area contributed by atoms with Gasteiger partial charge in [-0.1, -0.05) is 130 Å². The second-order valence-corrected chi connectivity index (χ2v) is 9.06. The number of benzene rings is 3. The highest BCUT2D eigenvalue weighted by Gasteiger charge is 2.43. The molecule has 0 aliphatic carbocycles. The highest BCUT2D eigenvalue weighted by molar-refractivity contribution is 6.13. The van der Waals surface area contributed by atoms with Crippen molar-refractivity contribution in [3.05, 3.63) is 107 Å². The molecule has 0 saturated heterocycles. The van der Waals surface area contributed by atoms with Gasteiger partial charge in [0.2, 0.25) is 0 Å². The maximum absolute atomic E-state index is 13.7. The lowest BCUT2D eigenvalue weighted by molar-refractivity contribution is -0.148. The molecule has 0 amide bonds. The average molecular weight is 456 g/mol. The summed E-state index contributed by atoms with van der Waals surface area (Å²) in [5.41, 5.74) is 3.67. The number of rotatable bonds is 11. The number of ether oxygens (including phenoxy) is 1. The van der Waals surface area contributed by atoms with Crippen molar-refractivity contribution in [1.82, 2.24) is 0 Å². The molecule has 0 heterocycles. The van der Waals surface area contributed by atoms with E-state index in [1.807, 2.05) is 48.5 Å². The zero-order valence-corrected chi connectivity index (χ0v) is 21.0. The number of hydrogen-bond donors (Lipinski definition) is 0. The molecule has 178 valence electrons. The van der Waals surface area contributed by atoms with E-state index in [0.29, 0.717) is 12.3 Å². The van der Waals surface area contributed by atoms with Gasteiger partial charge in [0.15, 0.2) is 5.54 Å². The Labute approximate surface area is 204 Å². The van der Waals surface area contributed by atoms with E-state index in [9.17, 15) is 4.79 Å². The van der Waals surface area contributed by atoms with E-state index in [1.54, 1.807) is 0 Å². The van der Waals surface area contributed by atoms with Crippen LogP contribution in [0.1, 0.15) is 68.2 Å². The molecule has 0 N–H and O–H groups in total. The van der Waals surface area contributed by atoms with E-state index in [4.69, 9.17) is 9.73 Å². The van der Waals surface area contributed by atoms with E-state index < -0.39 is 5.54 Å². The van der Waals surface area contributed by atoms with Crippen LogP contribution in [0.4, 0.5) is 0 Å². The number of aryl methyl sites for hydroxylation is 1. The number of carbonyl (C=O) groups excluding carboxylic acids is 1. The normalized spacial score (nSPS) is 12.7. The molecule has 0 saturated carbocycles. The molecular weight excluding hydrogens is 418 g/mol. The molecule has 3 nitrogen and oxygen atoms in total. The molecule has 0 bridgehead atoms. The molecule has 0 spiro atoms. The van der Waals surface area contributed by atoms with Crippen LogP contribution in [0.25, 0.3) is 0 Å². The minimum Gasteiger partial charge on any atom is -0.467 e. The Bertz CT molecular complexity index is 1010. The van der Waals surface area contributed by atoms with Crippen molar-refractivity contribution in [3.63, 3.8) is 0 Å². The summed E-state index contributed by atoms with van der Waals surface area (Å²) in [7, 11) is 1.47. The third-order valence-electron chi connectivity index (χ3n) is 6.43. The molecule has 1 atom stereocenters. The maximum atomic E-state index is 13.7. The largest absolute Gasteiger partial charge is 0.467 e. The molecule has 3 heteroatoms. The molecule has 0 aliphatic rings. The molecule has 0 aliphatic heterocycles. The predicted octanol–water partition coefficient (Wildman–Crippen LogP) is 7.51. The second-order valence-electron chi connectivity index (χ2n) is 9.06. The second kappa shape index (κ2) is 12.3. The Morgan fingerprint density at radius 2 is 1.32 bits per heavy atom. The van der Waals surface area contributed by atoms with Gasteiger partial charge >= 0.3 is 5.97 Å². The van der Waals surface area contributed by atoms with E-state index >= 15 is 0 Å². The number of methoxy groups -OCH3 is 1. The minimum atomic E-state index is -1.13. The maximum Gasteiger partial charge on any atom is 0.338 e. The van der Waals surface area contributed by atoms with Gasteiger partial charge in [0, 0.05) is 11.1 Å².